The molecule has 0 saturated heterocycles. The van der Waals surface area contributed by atoms with Gasteiger partial charge in [0.25, 0.3) is 0 Å². The lowest BCUT2D eigenvalue weighted by Gasteiger charge is -2.27. The highest BCUT2D eigenvalue weighted by atomic mass is 16.5. The van der Waals surface area contributed by atoms with E-state index >= 15 is 0 Å². The molecule has 1 saturated carbocycles. The molecule has 2 atom stereocenters. The Morgan fingerprint density at radius 3 is 2.92 bits per heavy atom. The number of carbonyl (C=O) groups is 1. The third-order valence-corrected chi connectivity index (χ3v) is 2.70. The molecule has 0 aliphatic heterocycles. The Morgan fingerprint density at radius 1 is 1.54 bits per heavy atom. The molecule has 0 heterocycles. The van der Waals surface area contributed by atoms with Gasteiger partial charge in [-0.05, 0) is 18.8 Å². The molecule has 0 aromatic carbocycles. The maximum Gasteiger partial charge on any atom is 0.319 e. The number of rotatable bonds is 3. The molecule has 13 heavy (non-hydrogen) atoms. The Balaban J connectivity index is 2.17. The van der Waals surface area contributed by atoms with Crippen molar-refractivity contribution >= 4 is 5.97 Å². The van der Waals surface area contributed by atoms with Gasteiger partial charge < -0.3 is 10.1 Å². The maximum atomic E-state index is 10.9. The third kappa shape index (κ3) is 3.77. The second-order valence-electron chi connectivity index (χ2n) is 3.93. The van der Waals surface area contributed by atoms with Gasteiger partial charge in [0, 0.05) is 6.04 Å². The van der Waals surface area contributed by atoms with Gasteiger partial charge in [-0.2, -0.15) is 0 Å². The minimum Gasteiger partial charge on any atom is -0.468 e. The minimum absolute atomic E-state index is 0.168. The van der Waals surface area contributed by atoms with E-state index in [1.54, 1.807) is 0 Å². The predicted molar refractivity (Wildman–Crippen MR) is 51.4 cm³/mol. The van der Waals surface area contributed by atoms with Gasteiger partial charge in [-0.1, -0.05) is 19.8 Å². The molecular weight excluding hydrogens is 166 g/mol. The Morgan fingerprint density at radius 2 is 2.31 bits per heavy atom. The topological polar surface area (TPSA) is 38.3 Å². The molecule has 76 valence electrons. The van der Waals surface area contributed by atoms with Crippen molar-refractivity contribution in [3.63, 3.8) is 0 Å². The molecule has 0 bridgehead atoms. The van der Waals surface area contributed by atoms with Crippen LogP contribution in [0.5, 0.6) is 0 Å². The van der Waals surface area contributed by atoms with Crippen molar-refractivity contribution in [2.24, 2.45) is 5.92 Å². The number of esters is 1. The first-order chi connectivity index (χ1) is 6.22. The lowest BCUT2D eigenvalue weighted by molar-refractivity contribution is -0.139. The second-order valence-corrected chi connectivity index (χ2v) is 3.93. The van der Waals surface area contributed by atoms with E-state index < -0.39 is 0 Å². The van der Waals surface area contributed by atoms with E-state index in [9.17, 15) is 4.79 Å². The van der Waals surface area contributed by atoms with Gasteiger partial charge in [-0.15, -0.1) is 0 Å². The summed E-state index contributed by atoms with van der Waals surface area (Å²) in [5.41, 5.74) is 0. The largest absolute Gasteiger partial charge is 0.468 e. The zero-order valence-corrected chi connectivity index (χ0v) is 8.51. The van der Waals surface area contributed by atoms with Gasteiger partial charge in [0.15, 0.2) is 0 Å². The molecule has 1 rings (SSSR count). The molecule has 0 aromatic heterocycles. The van der Waals surface area contributed by atoms with Crippen LogP contribution in [0.3, 0.4) is 0 Å². The highest BCUT2D eigenvalue weighted by Gasteiger charge is 2.18. The number of methoxy groups -OCH3 is 1. The molecule has 1 N–H and O–H groups in total. The van der Waals surface area contributed by atoms with Crippen molar-refractivity contribution in [2.75, 3.05) is 13.7 Å². The van der Waals surface area contributed by atoms with Crippen molar-refractivity contribution in [1.29, 1.82) is 0 Å². The normalized spacial score (nSPS) is 28.5. The van der Waals surface area contributed by atoms with Gasteiger partial charge in [0.1, 0.15) is 0 Å². The van der Waals surface area contributed by atoms with Crippen molar-refractivity contribution in [2.45, 2.75) is 38.6 Å². The van der Waals surface area contributed by atoms with Crippen LogP contribution < -0.4 is 5.32 Å². The van der Waals surface area contributed by atoms with Crippen LogP contribution in [0.1, 0.15) is 32.6 Å². The summed E-state index contributed by atoms with van der Waals surface area (Å²) in [6.45, 7) is 2.62. The summed E-state index contributed by atoms with van der Waals surface area (Å²) in [7, 11) is 1.42. The molecule has 0 spiro atoms. The van der Waals surface area contributed by atoms with Gasteiger partial charge in [0.05, 0.1) is 13.7 Å². The molecule has 1 aliphatic rings. The number of hydrogen-bond acceptors (Lipinski definition) is 3. The lowest BCUT2D eigenvalue weighted by atomic mass is 9.87. The molecule has 0 amide bonds. The van der Waals surface area contributed by atoms with Crippen LogP contribution in [0, 0.1) is 5.92 Å². The second kappa shape index (κ2) is 5.22. The highest BCUT2D eigenvalue weighted by molar-refractivity contribution is 5.71. The average Bonchev–Trinajstić information content (AvgIpc) is 2.14. The zero-order valence-electron chi connectivity index (χ0n) is 8.51. The minimum atomic E-state index is -0.168. The summed E-state index contributed by atoms with van der Waals surface area (Å²) in [5.74, 6) is 0.627. The van der Waals surface area contributed by atoms with Crippen LogP contribution in [0.2, 0.25) is 0 Å². The van der Waals surface area contributed by atoms with Crippen LogP contribution in [-0.2, 0) is 9.53 Å². The SMILES string of the molecule is COC(=O)CNC1CCCC(C)C1. The van der Waals surface area contributed by atoms with Crippen LogP contribution in [0.4, 0.5) is 0 Å². The average molecular weight is 185 g/mol. The van der Waals surface area contributed by atoms with Crippen molar-refractivity contribution < 1.29 is 9.53 Å². The quantitative estimate of drug-likeness (QED) is 0.674. The van der Waals surface area contributed by atoms with E-state index in [1.165, 1.54) is 32.8 Å². The first-order valence-corrected chi connectivity index (χ1v) is 5.02. The standard InChI is InChI=1S/C10H19NO2/c1-8-4-3-5-9(6-8)11-7-10(12)13-2/h8-9,11H,3-7H2,1-2H3. The van der Waals surface area contributed by atoms with E-state index in [2.05, 4.69) is 17.0 Å². The van der Waals surface area contributed by atoms with E-state index in [-0.39, 0.29) is 5.97 Å². The summed E-state index contributed by atoms with van der Waals surface area (Å²) < 4.78 is 4.57. The van der Waals surface area contributed by atoms with Crippen molar-refractivity contribution in [3.8, 4) is 0 Å². The summed E-state index contributed by atoms with van der Waals surface area (Å²) in [5, 5.41) is 3.23. The van der Waals surface area contributed by atoms with Crippen LogP contribution >= 0.6 is 0 Å². The predicted octanol–water partition coefficient (Wildman–Crippen LogP) is 1.33. The van der Waals surface area contributed by atoms with Gasteiger partial charge in [-0.25, -0.2) is 0 Å². The fourth-order valence-electron chi connectivity index (χ4n) is 1.92. The Bertz CT molecular complexity index is 170. The van der Waals surface area contributed by atoms with Crippen LogP contribution in [-0.4, -0.2) is 25.7 Å². The molecule has 3 nitrogen and oxygen atoms in total. The molecule has 1 aliphatic carbocycles. The van der Waals surface area contributed by atoms with E-state index in [0.29, 0.717) is 12.6 Å². The van der Waals surface area contributed by atoms with E-state index in [1.807, 2.05) is 0 Å². The van der Waals surface area contributed by atoms with Gasteiger partial charge >= 0.3 is 5.97 Å². The molecule has 0 radical (unpaired) electrons. The highest BCUT2D eigenvalue weighted by Crippen LogP contribution is 2.23. The molecule has 3 heteroatoms. The Labute approximate surface area is 79.8 Å². The number of nitrogens with one attached hydrogen (secondary N) is 1. The first-order valence-electron chi connectivity index (χ1n) is 5.02. The van der Waals surface area contributed by atoms with Crippen LogP contribution in [0.25, 0.3) is 0 Å². The smallest absolute Gasteiger partial charge is 0.319 e. The number of ether oxygens (including phenoxy) is 1. The third-order valence-electron chi connectivity index (χ3n) is 2.70. The number of hydrogen-bond donors (Lipinski definition) is 1. The number of carbonyl (C=O) groups excluding carboxylic acids is 1. The molecule has 0 aromatic rings. The summed E-state index contributed by atoms with van der Waals surface area (Å²) in [6, 6.07) is 0.517. The fourth-order valence-corrected chi connectivity index (χ4v) is 1.92. The van der Waals surface area contributed by atoms with Crippen molar-refractivity contribution in [3.05, 3.63) is 0 Å². The lowest BCUT2D eigenvalue weighted by Crippen LogP contribution is -2.37. The summed E-state index contributed by atoms with van der Waals surface area (Å²) >= 11 is 0. The van der Waals surface area contributed by atoms with E-state index in [4.69, 9.17) is 0 Å². The van der Waals surface area contributed by atoms with Crippen molar-refractivity contribution in [1.82, 2.24) is 5.32 Å². The summed E-state index contributed by atoms with van der Waals surface area (Å²) in [4.78, 5) is 10.9. The first kappa shape index (κ1) is 10.5. The monoisotopic (exact) mass is 185 g/mol. The zero-order chi connectivity index (χ0) is 9.68. The molecular formula is C10H19NO2. The molecule has 2 unspecified atom stereocenters. The van der Waals surface area contributed by atoms with Crippen LogP contribution in [0.15, 0.2) is 0 Å². The van der Waals surface area contributed by atoms with Gasteiger partial charge in [-0.3, -0.25) is 4.79 Å². The Hall–Kier alpha value is -0.570. The Kier molecular flexibility index (Phi) is 4.22. The maximum absolute atomic E-state index is 10.9. The van der Waals surface area contributed by atoms with E-state index in [0.717, 1.165) is 5.92 Å². The van der Waals surface area contributed by atoms with Gasteiger partial charge in [0.2, 0.25) is 0 Å². The fraction of sp³-hybridized carbons (Fsp3) is 0.900. The molecule has 1 fully saturated rings. The summed E-state index contributed by atoms with van der Waals surface area (Å²) in [6.07, 6.45) is 4.99.